The second kappa shape index (κ2) is 6.99. The minimum atomic E-state index is -4.61. The highest BCUT2D eigenvalue weighted by Gasteiger charge is 2.34. The van der Waals surface area contributed by atoms with Crippen LogP contribution in [0.4, 0.5) is 27.1 Å². The highest BCUT2D eigenvalue weighted by molar-refractivity contribution is 7.14. The molecule has 0 spiro atoms. The van der Waals surface area contributed by atoms with Crippen molar-refractivity contribution in [1.29, 1.82) is 0 Å². The maximum Gasteiger partial charge on any atom is 0.434 e. The lowest BCUT2D eigenvalue weighted by Gasteiger charge is -2.11. The zero-order valence-electron chi connectivity index (χ0n) is 11.9. The number of rotatable bonds is 5. The summed E-state index contributed by atoms with van der Waals surface area (Å²) in [5.74, 6) is -1.18. The number of thiazole rings is 1. The van der Waals surface area contributed by atoms with Crippen molar-refractivity contribution >= 4 is 22.4 Å². The van der Waals surface area contributed by atoms with Gasteiger partial charge in [0.1, 0.15) is 0 Å². The van der Waals surface area contributed by atoms with E-state index in [1.54, 1.807) is 0 Å². The predicted molar refractivity (Wildman–Crippen MR) is 74.7 cm³/mol. The summed E-state index contributed by atoms with van der Waals surface area (Å²) in [7, 11) is 1.19. The van der Waals surface area contributed by atoms with Gasteiger partial charge < -0.3 is 9.47 Å². The van der Waals surface area contributed by atoms with E-state index in [9.17, 15) is 26.7 Å². The van der Waals surface area contributed by atoms with Gasteiger partial charge in [-0.05, 0) is 18.2 Å². The number of amides is 1. The number of alkyl halides is 5. The first-order chi connectivity index (χ1) is 11.2. The van der Waals surface area contributed by atoms with E-state index in [1.165, 1.54) is 7.11 Å². The monoisotopic (exact) mass is 368 g/mol. The van der Waals surface area contributed by atoms with Crippen molar-refractivity contribution in [2.45, 2.75) is 12.8 Å². The quantitative estimate of drug-likeness (QED) is 0.810. The third-order valence-corrected chi connectivity index (χ3v) is 3.41. The van der Waals surface area contributed by atoms with Crippen LogP contribution in [0.25, 0.3) is 0 Å². The molecule has 0 atom stereocenters. The van der Waals surface area contributed by atoms with E-state index in [2.05, 4.69) is 15.0 Å². The second-order valence-electron chi connectivity index (χ2n) is 4.23. The first-order valence-corrected chi connectivity index (χ1v) is 7.05. The third-order valence-electron chi connectivity index (χ3n) is 2.66. The number of anilines is 1. The molecule has 5 nitrogen and oxygen atoms in total. The van der Waals surface area contributed by atoms with Crippen LogP contribution in [0, 0.1) is 0 Å². The average Bonchev–Trinajstić information content (AvgIpc) is 2.95. The van der Waals surface area contributed by atoms with Crippen LogP contribution in [0.3, 0.4) is 0 Å². The highest BCUT2D eigenvalue weighted by Crippen LogP contribution is 2.32. The standard InChI is InChI=1S/C13H9F5N2O3S/c1-22-8-4-6(2-3-7(8)23-11(14)15)10(21)20-12-19-9(5-24-12)13(16,17)18/h2-5,11H,1H3,(H,19,20,21). The lowest BCUT2D eigenvalue weighted by molar-refractivity contribution is -0.140. The lowest BCUT2D eigenvalue weighted by Crippen LogP contribution is -2.13. The van der Waals surface area contributed by atoms with E-state index >= 15 is 0 Å². The van der Waals surface area contributed by atoms with Crippen molar-refractivity contribution < 1.29 is 36.2 Å². The molecule has 0 radical (unpaired) electrons. The number of hydrogen-bond donors (Lipinski definition) is 1. The Morgan fingerprint density at radius 2 is 2.00 bits per heavy atom. The van der Waals surface area contributed by atoms with Crippen molar-refractivity contribution in [3.05, 3.63) is 34.8 Å². The molecule has 0 aliphatic carbocycles. The van der Waals surface area contributed by atoms with E-state index < -0.39 is 24.4 Å². The Morgan fingerprint density at radius 3 is 2.54 bits per heavy atom. The van der Waals surface area contributed by atoms with Gasteiger partial charge >= 0.3 is 12.8 Å². The molecule has 1 amide bonds. The van der Waals surface area contributed by atoms with Gasteiger partial charge in [0.15, 0.2) is 22.3 Å². The summed E-state index contributed by atoms with van der Waals surface area (Å²) in [6.45, 7) is -3.07. The van der Waals surface area contributed by atoms with Crippen LogP contribution in [0.15, 0.2) is 23.6 Å². The fourth-order valence-electron chi connectivity index (χ4n) is 1.63. The topological polar surface area (TPSA) is 60.5 Å². The van der Waals surface area contributed by atoms with Gasteiger partial charge in [-0.15, -0.1) is 11.3 Å². The molecular weight excluding hydrogens is 359 g/mol. The van der Waals surface area contributed by atoms with Gasteiger partial charge in [-0.2, -0.15) is 22.0 Å². The Labute approximate surface area is 136 Å². The number of carbonyl (C=O) groups excluding carboxylic acids is 1. The number of ether oxygens (including phenoxy) is 2. The lowest BCUT2D eigenvalue weighted by atomic mass is 10.2. The summed E-state index contributed by atoms with van der Waals surface area (Å²) in [6, 6.07) is 3.36. The summed E-state index contributed by atoms with van der Waals surface area (Å²) in [5, 5.41) is 2.70. The fraction of sp³-hybridized carbons (Fsp3) is 0.231. The molecular formula is C13H9F5N2O3S. The summed E-state index contributed by atoms with van der Waals surface area (Å²) in [5.41, 5.74) is -1.15. The number of nitrogens with one attached hydrogen (secondary N) is 1. The minimum Gasteiger partial charge on any atom is -0.493 e. The summed E-state index contributed by atoms with van der Waals surface area (Å²) in [6.07, 6.45) is -4.61. The number of halogens is 5. The van der Waals surface area contributed by atoms with Crippen molar-refractivity contribution in [1.82, 2.24) is 4.98 Å². The molecule has 2 rings (SSSR count). The highest BCUT2D eigenvalue weighted by atomic mass is 32.1. The van der Waals surface area contributed by atoms with Gasteiger partial charge in [-0.25, -0.2) is 4.98 Å². The summed E-state index contributed by atoms with van der Waals surface area (Å²) >= 11 is 0.603. The molecule has 24 heavy (non-hydrogen) atoms. The molecule has 0 aliphatic heterocycles. The summed E-state index contributed by atoms with van der Waals surface area (Å²) in [4.78, 5) is 15.3. The van der Waals surface area contributed by atoms with Crippen molar-refractivity contribution in [2.24, 2.45) is 0 Å². The van der Waals surface area contributed by atoms with Gasteiger partial charge in [-0.3, -0.25) is 10.1 Å². The van der Waals surface area contributed by atoms with Crippen molar-refractivity contribution in [3.8, 4) is 11.5 Å². The fourth-order valence-corrected chi connectivity index (χ4v) is 2.35. The van der Waals surface area contributed by atoms with Crippen LogP contribution in [0.5, 0.6) is 11.5 Å². The van der Waals surface area contributed by atoms with Crippen molar-refractivity contribution in [3.63, 3.8) is 0 Å². The molecule has 1 N–H and O–H groups in total. The minimum absolute atomic E-state index is 0.0303. The Balaban J connectivity index is 2.16. The number of benzene rings is 1. The molecule has 1 aromatic carbocycles. The molecule has 2 aromatic rings. The number of aromatic nitrogens is 1. The number of hydrogen-bond acceptors (Lipinski definition) is 5. The number of nitrogens with zero attached hydrogens (tertiary/aromatic N) is 1. The van der Waals surface area contributed by atoms with Crippen LogP contribution in [-0.2, 0) is 6.18 Å². The molecule has 130 valence electrons. The molecule has 0 saturated carbocycles. The molecule has 0 bridgehead atoms. The van der Waals surface area contributed by atoms with Gasteiger partial charge in [-0.1, -0.05) is 0 Å². The van der Waals surface area contributed by atoms with Gasteiger partial charge in [0.05, 0.1) is 7.11 Å². The largest absolute Gasteiger partial charge is 0.493 e. The van der Waals surface area contributed by atoms with E-state index in [1.807, 2.05) is 0 Å². The zero-order valence-corrected chi connectivity index (χ0v) is 12.7. The van der Waals surface area contributed by atoms with Gasteiger partial charge in [0, 0.05) is 10.9 Å². The van der Waals surface area contributed by atoms with Crippen LogP contribution < -0.4 is 14.8 Å². The van der Waals surface area contributed by atoms with Crippen LogP contribution in [0.1, 0.15) is 16.1 Å². The molecule has 0 fully saturated rings. The maximum atomic E-state index is 12.4. The van der Waals surface area contributed by atoms with Crippen molar-refractivity contribution in [2.75, 3.05) is 12.4 Å². The van der Waals surface area contributed by atoms with Crippen LogP contribution >= 0.6 is 11.3 Å². The number of methoxy groups -OCH3 is 1. The Hall–Kier alpha value is -2.43. The van der Waals surface area contributed by atoms with E-state index in [-0.39, 0.29) is 22.2 Å². The zero-order chi connectivity index (χ0) is 17.9. The van der Waals surface area contributed by atoms with E-state index in [4.69, 9.17) is 4.74 Å². The number of carbonyl (C=O) groups is 1. The van der Waals surface area contributed by atoms with Gasteiger partial charge in [0.2, 0.25) is 0 Å². The second-order valence-corrected chi connectivity index (χ2v) is 5.09. The van der Waals surface area contributed by atoms with Crippen LogP contribution in [0.2, 0.25) is 0 Å². The average molecular weight is 368 g/mol. The Morgan fingerprint density at radius 1 is 1.29 bits per heavy atom. The SMILES string of the molecule is COc1cc(C(=O)Nc2nc(C(F)(F)F)cs2)ccc1OC(F)F. The molecule has 0 saturated heterocycles. The smallest absolute Gasteiger partial charge is 0.434 e. The molecule has 0 aliphatic rings. The first-order valence-electron chi connectivity index (χ1n) is 6.17. The van der Waals surface area contributed by atoms with Crippen LogP contribution in [-0.4, -0.2) is 24.6 Å². The molecule has 11 heteroatoms. The maximum absolute atomic E-state index is 12.4. The van der Waals surface area contributed by atoms with Gasteiger partial charge in [0.25, 0.3) is 5.91 Å². The normalized spacial score (nSPS) is 11.5. The summed E-state index contributed by atoms with van der Waals surface area (Å²) < 4.78 is 70.8. The molecule has 0 unspecified atom stereocenters. The van der Waals surface area contributed by atoms with E-state index in [0.29, 0.717) is 11.3 Å². The predicted octanol–water partition coefficient (Wildman–Crippen LogP) is 4.02. The first kappa shape index (κ1) is 17.9. The Bertz CT molecular complexity index is 733. The van der Waals surface area contributed by atoms with E-state index in [0.717, 1.165) is 23.6 Å². The third kappa shape index (κ3) is 4.31. The molecule has 1 heterocycles. The Kier molecular flexibility index (Phi) is 5.22. The molecule has 1 aromatic heterocycles.